The van der Waals surface area contributed by atoms with Gasteiger partial charge < -0.3 is 15.0 Å². The summed E-state index contributed by atoms with van der Waals surface area (Å²) in [7, 11) is 1.77. The molecule has 13 heavy (non-hydrogen) atoms. The van der Waals surface area contributed by atoms with E-state index in [1.54, 1.807) is 24.0 Å². The lowest BCUT2D eigenvalue weighted by molar-refractivity contribution is 0.153. The summed E-state index contributed by atoms with van der Waals surface area (Å²) in [6.07, 6.45) is 2.73. The van der Waals surface area contributed by atoms with Gasteiger partial charge in [0, 0.05) is 18.9 Å². The summed E-state index contributed by atoms with van der Waals surface area (Å²) in [5.41, 5.74) is 0. The van der Waals surface area contributed by atoms with Crippen molar-refractivity contribution < 1.29 is 5.11 Å². The zero-order valence-corrected chi connectivity index (χ0v) is 7.44. The average molecular weight is 180 g/mol. The Morgan fingerprint density at radius 1 is 1.85 bits per heavy atom. The number of aliphatic hydroxyl groups excluding tert-OH is 1. The third kappa shape index (κ3) is 2.54. The molecule has 0 radical (unpaired) electrons. The highest BCUT2D eigenvalue weighted by Crippen LogP contribution is 1.97. The predicted molar refractivity (Wildman–Crippen MR) is 46.9 cm³/mol. The van der Waals surface area contributed by atoms with Crippen molar-refractivity contribution in [3.05, 3.63) is 18.2 Å². The van der Waals surface area contributed by atoms with Crippen LogP contribution in [0.15, 0.2) is 12.4 Å². The molecular weight excluding hydrogens is 168 g/mol. The van der Waals surface area contributed by atoms with Gasteiger partial charge in [-0.25, -0.2) is 4.98 Å². The number of nitrogens with zero attached hydrogens (tertiary/aromatic N) is 3. The van der Waals surface area contributed by atoms with Gasteiger partial charge in [-0.3, -0.25) is 0 Å². The molecule has 1 aromatic heterocycles. The van der Waals surface area contributed by atoms with E-state index in [-0.39, 0.29) is 0 Å². The summed E-state index contributed by atoms with van der Waals surface area (Å²) >= 11 is 0. The molecule has 5 nitrogen and oxygen atoms in total. The van der Waals surface area contributed by atoms with Gasteiger partial charge in [-0.2, -0.15) is 5.26 Å². The summed E-state index contributed by atoms with van der Waals surface area (Å²) < 4.78 is 1.63. The Labute approximate surface area is 76.6 Å². The molecule has 0 fully saturated rings. The molecule has 0 bridgehead atoms. The number of aliphatic hydroxyl groups is 1. The summed E-state index contributed by atoms with van der Waals surface area (Å²) in [5.74, 6) is 0.329. The van der Waals surface area contributed by atoms with E-state index in [2.05, 4.69) is 10.3 Å². The molecule has 1 rings (SSSR count). The summed E-state index contributed by atoms with van der Waals surface area (Å²) in [4.78, 5) is 3.82. The van der Waals surface area contributed by atoms with Crippen LogP contribution in [0.1, 0.15) is 5.82 Å². The maximum absolute atomic E-state index is 9.42. The first-order chi connectivity index (χ1) is 6.27. The molecule has 1 aromatic rings. The fraction of sp³-hybridized carbons (Fsp3) is 0.500. The Balaban J connectivity index is 2.59. The number of aromatic nitrogens is 2. The average Bonchev–Trinajstić information content (AvgIpc) is 2.52. The van der Waals surface area contributed by atoms with Gasteiger partial charge in [0.2, 0.25) is 5.82 Å². The Bertz CT molecular complexity index is 301. The smallest absolute Gasteiger partial charge is 0.212 e. The van der Waals surface area contributed by atoms with Crippen molar-refractivity contribution in [3.8, 4) is 6.07 Å². The van der Waals surface area contributed by atoms with Crippen molar-refractivity contribution in [2.75, 3.05) is 13.6 Å². The molecule has 1 heterocycles. The molecule has 0 saturated carbocycles. The van der Waals surface area contributed by atoms with Crippen LogP contribution >= 0.6 is 0 Å². The normalized spacial score (nSPS) is 12.4. The van der Waals surface area contributed by atoms with Gasteiger partial charge in [0.1, 0.15) is 6.07 Å². The Kier molecular flexibility index (Phi) is 3.43. The van der Waals surface area contributed by atoms with Crippen molar-refractivity contribution in [1.82, 2.24) is 14.9 Å². The molecule has 70 valence electrons. The minimum atomic E-state index is -0.494. The lowest BCUT2D eigenvalue weighted by Gasteiger charge is -2.10. The molecule has 0 saturated heterocycles. The van der Waals surface area contributed by atoms with Crippen LogP contribution in [0, 0.1) is 11.3 Å². The number of rotatable bonds is 4. The minimum absolute atomic E-state index is 0.329. The lowest BCUT2D eigenvalue weighted by Crippen LogP contribution is -2.28. The minimum Gasteiger partial charge on any atom is -0.390 e. The zero-order valence-electron chi connectivity index (χ0n) is 7.44. The second-order valence-corrected chi connectivity index (χ2v) is 2.73. The second kappa shape index (κ2) is 4.60. The van der Waals surface area contributed by atoms with Crippen molar-refractivity contribution in [2.24, 2.45) is 0 Å². The van der Waals surface area contributed by atoms with E-state index in [0.717, 1.165) is 0 Å². The van der Waals surface area contributed by atoms with E-state index in [1.165, 1.54) is 0 Å². The van der Waals surface area contributed by atoms with Crippen molar-refractivity contribution in [2.45, 2.75) is 12.6 Å². The highest BCUT2D eigenvalue weighted by atomic mass is 16.3. The van der Waals surface area contributed by atoms with Gasteiger partial charge in [-0.05, 0) is 7.05 Å². The summed E-state index contributed by atoms with van der Waals surface area (Å²) in [5, 5.41) is 20.9. The molecule has 0 amide bonds. The first-order valence-electron chi connectivity index (χ1n) is 4.02. The molecule has 0 aromatic carbocycles. The van der Waals surface area contributed by atoms with E-state index in [1.807, 2.05) is 6.07 Å². The predicted octanol–water partition coefficient (Wildman–Crippen LogP) is -0.665. The number of nitriles is 1. The van der Waals surface area contributed by atoms with Crippen LogP contribution in [0.3, 0.4) is 0 Å². The molecule has 0 aliphatic heterocycles. The van der Waals surface area contributed by atoms with Crippen molar-refractivity contribution >= 4 is 0 Å². The van der Waals surface area contributed by atoms with Gasteiger partial charge in [0.25, 0.3) is 0 Å². The zero-order chi connectivity index (χ0) is 9.68. The van der Waals surface area contributed by atoms with Gasteiger partial charge in [0.15, 0.2) is 0 Å². The van der Waals surface area contributed by atoms with Crippen molar-refractivity contribution in [3.63, 3.8) is 0 Å². The molecule has 2 N–H and O–H groups in total. The third-order valence-electron chi connectivity index (χ3n) is 1.66. The van der Waals surface area contributed by atoms with E-state index in [9.17, 15) is 5.11 Å². The lowest BCUT2D eigenvalue weighted by atomic mass is 10.3. The highest BCUT2D eigenvalue weighted by Gasteiger charge is 2.06. The van der Waals surface area contributed by atoms with Crippen LogP contribution in [0.4, 0.5) is 0 Å². The number of hydrogen-bond acceptors (Lipinski definition) is 4. The van der Waals surface area contributed by atoms with Crippen LogP contribution in [0.5, 0.6) is 0 Å². The maximum Gasteiger partial charge on any atom is 0.212 e. The van der Waals surface area contributed by atoms with Gasteiger partial charge >= 0.3 is 0 Å². The number of likely N-dealkylation sites (N-methyl/N-ethyl adjacent to an activating group) is 1. The molecule has 0 spiro atoms. The molecule has 0 aliphatic carbocycles. The number of imidazole rings is 1. The Morgan fingerprint density at radius 2 is 2.62 bits per heavy atom. The van der Waals surface area contributed by atoms with Crippen LogP contribution in [-0.2, 0) is 6.54 Å². The first kappa shape index (κ1) is 9.71. The van der Waals surface area contributed by atoms with Gasteiger partial charge in [-0.15, -0.1) is 0 Å². The molecule has 0 aliphatic rings. The molecule has 1 atom stereocenters. The van der Waals surface area contributed by atoms with E-state index < -0.39 is 6.10 Å². The summed E-state index contributed by atoms with van der Waals surface area (Å²) in [6, 6.07) is 1.94. The van der Waals surface area contributed by atoms with Crippen LogP contribution in [0.2, 0.25) is 0 Å². The second-order valence-electron chi connectivity index (χ2n) is 2.73. The molecule has 1 unspecified atom stereocenters. The van der Waals surface area contributed by atoms with Gasteiger partial charge in [-0.1, -0.05) is 0 Å². The van der Waals surface area contributed by atoms with Crippen molar-refractivity contribution in [1.29, 1.82) is 5.26 Å². The third-order valence-corrected chi connectivity index (χ3v) is 1.66. The Hall–Kier alpha value is -1.38. The van der Waals surface area contributed by atoms with E-state index in [0.29, 0.717) is 18.9 Å². The highest BCUT2D eigenvalue weighted by molar-refractivity contribution is 5.11. The van der Waals surface area contributed by atoms with E-state index in [4.69, 9.17) is 5.26 Å². The van der Waals surface area contributed by atoms with Gasteiger partial charge in [0.05, 0.1) is 12.6 Å². The molecular formula is C8H12N4O. The standard InChI is InChI=1S/C8H12N4O/c1-10-5-7(13)6-12-3-2-11-8(12)4-9/h2-3,7,10,13H,5-6H2,1H3. The van der Waals surface area contributed by atoms with Crippen LogP contribution < -0.4 is 5.32 Å². The largest absolute Gasteiger partial charge is 0.390 e. The first-order valence-corrected chi connectivity index (χ1v) is 4.02. The SMILES string of the molecule is CNCC(O)Cn1ccnc1C#N. The monoisotopic (exact) mass is 180 g/mol. The van der Waals surface area contributed by atoms with E-state index >= 15 is 0 Å². The molecule has 5 heteroatoms. The number of nitrogens with one attached hydrogen (secondary N) is 1. The Morgan fingerprint density at radius 3 is 3.23 bits per heavy atom. The van der Waals surface area contributed by atoms with Crippen LogP contribution in [0.25, 0.3) is 0 Å². The fourth-order valence-electron chi connectivity index (χ4n) is 1.10. The van der Waals surface area contributed by atoms with Crippen LogP contribution in [-0.4, -0.2) is 34.4 Å². The summed E-state index contributed by atoms with van der Waals surface area (Å²) in [6.45, 7) is 0.896. The topological polar surface area (TPSA) is 73.9 Å². The fourth-order valence-corrected chi connectivity index (χ4v) is 1.10. The number of hydrogen-bond donors (Lipinski definition) is 2. The maximum atomic E-state index is 9.42. The quantitative estimate of drug-likeness (QED) is 0.644.